The quantitative estimate of drug-likeness (QED) is 0.737. The number of H-pyrrole nitrogens is 1. The zero-order chi connectivity index (χ0) is 19.5. The lowest BCUT2D eigenvalue weighted by Gasteiger charge is -2.31. The Hall–Kier alpha value is -2.83. The summed E-state index contributed by atoms with van der Waals surface area (Å²) >= 11 is 0. The maximum Gasteiger partial charge on any atom is 0.271 e. The molecule has 1 aliphatic carbocycles. The predicted octanol–water partition coefficient (Wildman–Crippen LogP) is 2.08. The highest BCUT2D eigenvalue weighted by molar-refractivity contribution is 5.93. The molecule has 0 saturated carbocycles. The van der Waals surface area contributed by atoms with Crippen LogP contribution >= 0.6 is 0 Å². The van der Waals surface area contributed by atoms with Crippen molar-refractivity contribution >= 4 is 17.6 Å². The average molecular weight is 381 g/mol. The lowest BCUT2D eigenvalue weighted by molar-refractivity contribution is -0.121. The molecule has 1 saturated heterocycles. The number of nitrogens with one attached hydrogen (secondary N) is 2. The van der Waals surface area contributed by atoms with Gasteiger partial charge in [0, 0.05) is 32.1 Å². The maximum absolute atomic E-state index is 12.4. The topological polar surface area (TPSA) is 104 Å². The van der Waals surface area contributed by atoms with E-state index in [-0.39, 0.29) is 11.8 Å². The number of nitrogens with zero attached hydrogens (tertiary/aromatic N) is 2. The number of hydrogen-bond donors (Lipinski definition) is 3. The molecule has 1 atom stereocenters. The van der Waals surface area contributed by atoms with E-state index in [1.807, 2.05) is 4.90 Å². The summed E-state index contributed by atoms with van der Waals surface area (Å²) in [6, 6.07) is 10.0. The minimum absolute atomic E-state index is 0.0633. The molecular weight excluding hydrogens is 354 g/mol. The molecule has 0 spiro atoms. The Kier molecular flexibility index (Phi) is 5.32. The van der Waals surface area contributed by atoms with Gasteiger partial charge in [-0.1, -0.05) is 24.3 Å². The number of nitrogens with two attached hydrogens (primary N) is 1. The van der Waals surface area contributed by atoms with Gasteiger partial charge in [0.1, 0.15) is 11.5 Å². The SMILES string of the molecule is Nc1cc(C(=O)N2CCC(CNC(=O)CC3CCc4ccccc43)CC2)[nH]n1. The molecule has 28 heavy (non-hydrogen) atoms. The van der Waals surface area contributed by atoms with Crippen molar-refractivity contribution in [1.82, 2.24) is 20.4 Å². The van der Waals surface area contributed by atoms with Crippen molar-refractivity contribution < 1.29 is 9.59 Å². The van der Waals surface area contributed by atoms with Crippen LogP contribution in [0.4, 0.5) is 5.82 Å². The van der Waals surface area contributed by atoms with E-state index in [4.69, 9.17) is 5.73 Å². The van der Waals surface area contributed by atoms with Gasteiger partial charge >= 0.3 is 0 Å². The molecule has 4 N–H and O–H groups in total. The number of aryl methyl sites for hydroxylation is 1. The van der Waals surface area contributed by atoms with E-state index < -0.39 is 0 Å². The van der Waals surface area contributed by atoms with Crippen molar-refractivity contribution in [3.8, 4) is 0 Å². The van der Waals surface area contributed by atoms with Crippen molar-refractivity contribution in [3.05, 3.63) is 47.2 Å². The first-order valence-electron chi connectivity index (χ1n) is 10.0. The lowest BCUT2D eigenvalue weighted by Crippen LogP contribution is -2.41. The molecule has 0 bridgehead atoms. The van der Waals surface area contributed by atoms with Gasteiger partial charge in [0.05, 0.1) is 0 Å². The highest BCUT2D eigenvalue weighted by atomic mass is 16.2. The molecule has 2 aliphatic rings. The summed E-state index contributed by atoms with van der Waals surface area (Å²) < 4.78 is 0. The van der Waals surface area contributed by atoms with Crippen molar-refractivity contribution in [2.75, 3.05) is 25.4 Å². The van der Waals surface area contributed by atoms with Crippen LogP contribution in [-0.4, -0.2) is 46.5 Å². The van der Waals surface area contributed by atoms with Crippen molar-refractivity contribution in [2.45, 2.75) is 38.0 Å². The molecule has 148 valence electrons. The van der Waals surface area contributed by atoms with Gasteiger partial charge in [-0.25, -0.2) is 0 Å². The largest absolute Gasteiger partial charge is 0.382 e. The Morgan fingerprint density at radius 2 is 2.00 bits per heavy atom. The fourth-order valence-electron chi connectivity index (χ4n) is 4.37. The van der Waals surface area contributed by atoms with Crippen LogP contribution in [0.25, 0.3) is 0 Å². The molecule has 2 amide bonds. The number of nitrogen functional groups attached to an aromatic ring is 1. The number of rotatable bonds is 5. The van der Waals surface area contributed by atoms with E-state index in [9.17, 15) is 9.59 Å². The van der Waals surface area contributed by atoms with Gasteiger partial charge in [-0.3, -0.25) is 14.7 Å². The first-order valence-corrected chi connectivity index (χ1v) is 10.0. The number of hydrogen-bond acceptors (Lipinski definition) is 4. The minimum atomic E-state index is -0.0633. The average Bonchev–Trinajstić information content (AvgIpc) is 3.33. The van der Waals surface area contributed by atoms with Gasteiger partial charge in [0.25, 0.3) is 5.91 Å². The second-order valence-corrected chi connectivity index (χ2v) is 7.88. The molecule has 2 aromatic rings. The Balaban J connectivity index is 1.20. The Bertz CT molecular complexity index is 854. The Morgan fingerprint density at radius 1 is 1.21 bits per heavy atom. The van der Waals surface area contributed by atoms with Crippen LogP contribution < -0.4 is 11.1 Å². The molecule has 4 rings (SSSR count). The molecule has 2 heterocycles. The third-order valence-corrected chi connectivity index (χ3v) is 6.01. The van der Waals surface area contributed by atoms with Crippen LogP contribution in [0.15, 0.2) is 30.3 Å². The number of piperidine rings is 1. The first-order chi connectivity index (χ1) is 13.6. The van der Waals surface area contributed by atoms with Crippen LogP contribution in [0.3, 0.4) is 0 Å². The predicted molar refractivity (Wildman–Crippen MR) is 107 cm³/mol. The number of carbonyl (C=O) groups is 2. The molecule has 1 aliphatic heterocycles. The first kappa shape index (κ1) is 18.5. The summed E-state index contributed by atoms with van der Waals surface area (Å²) in [4.78, 5) is 26.6. The normalized spacial score (nSPS) is 19.4. The van der Waals surface area contributed by atoms with Crippen molar-refractivity contribution in [2.24, 2.45) is 5.92 Å². The van der Waals surface area contributed by atoms with Crippen molar-refractivity contribution in [3.63, 3.8) is 0 Å². The number of aromatic amines is 1. The zero-order valence-electron chi connectivity index (χ0n) is 16.0. The van der Waals surface area contributed by atoms with Crippen LogP contribution in [-0.2, 0) is 11.2 Å². The molecule has 7 nitrogen and oxygen atoms in total. The van der Waals surface area contributed by atoms with Gasteiger partial charge < -0.3 is 16.0 Å². The summed E-state index contributed by atoms with van der Waals surface area (Å²) in [6.45, 7) is 2.06. The van der Waals surface area contributed by atoms with Crippen LogP contribution in [0.2, 0.25) is 0 Å². The fourth-order valence-corrected chi connectivity index (χ4v) is 4.37. The Labute approximate surface area is 164 Å². The summed E-state index contributed by atoms with van der Waals surface area (Å²) in [7, 11) is 0. The van der Waals surface area contributed by atoms with Crippen molar-refractivity contribution in [1.29, 1.82) is 0 Å². The van der Waals surface area contributed by atoms with Crippen LogP contribution in [0.5, 0.6) is 0 Å². The summed E-state index contributed by atoms with van der Waals surface area (Å²) in [6.07, 6.45) is 4.48. The third-order valence-electron chi connectivity index (χ3n) is 6.01. The number of benzene rings is 1. The molecule has 1 aromatic heterocycles. The number of fused-ring (bicyclic) bond motifs is 1. The number of amides is 2. The monoisotopic (exact) mass is 381 g/mol. The van der Waals surface area contributed by atoms with Gasteiger partial charge in [-0.15, -0.1) is 0 Å². The lowest BCUT2D eigenvalue weighted by atomic mass is 9.95. The maximum atomic E-state index is 12.4. The zero-order valence-corrected chi connectivity index (χ0v) is 16.0. The molecule has 1 fully saturated rings. The van der Waals surface area contributed by atoms with Gasteiger partial charge in [-0.05, 0) is 48.6 Å². The highest BCUT2D eigenvalue weighted by Crippen LogP contribution is 2.35. The molecule has 7 heteroatoms. The minimum Gasteiger partial charge on any atom is -0.382 e. The smallest absolute Gasteiger partial charge is 0.271 e. The summed E-state index contributed by atoms with van der Waals surface area (Å²) in [5.74, 6) is 1.15. The van der Waals surface area contributed by atoms with E-state index in [0.717, 1.165) is 25.7 Å². The van der Waals surface area contributed by atoms with E-state index in [2.05, 4.69) is 39.8 Å². The summed E-state index contributed by atoms with van der Waals surface area (Å²) in [5.41, 5.74) is 8.72. The fraction of sp³-hybridized carbons (Fsp3) is 0.476. The van der Waals surface area contributed by atoms with Crippen LogP contribution in [0.1, 0.15) is 53.2 Å². The third kappa shape index (κ3) is 4.03. The molecule has 0 radical (unpaired) electrons. The molecule has 1 unspecified atom stereocenters. The number of anilines is 1. The van der Waals surface area contributed by atoms with Gasteiger partial charge in [0.2, 0.25) is 5.91 Å². The molecular formula is C21H27N5O2. The number of likely N-dealkylation sites (tertiary alicyclic amines) is 1. The van der Waals surface area contributed by atoms with E-state index in [0.29, 0.717) is 49.4 Å². The second-order valence-electron chi connectivity index (χ2n) is 7.88. The molecule has 1 aromatic carbocycles. The van der Waals surface area contributed by atoms with Gasteiger partial charge in [0.15, 0.2) is 0 Å². The van der Waals surface area contributed by atoms with E-state index in [1.165, 1.54) is 11.1 Å². The number of aromatic nitrogens is 2. The van der Waals surface area contributed by atoms with E-state index in [1.54, 1.807) is 6.07 Å². The standard InChI is InChI=1S/C21H27N5O2/c22-19-12-18(24-25-19)21(28)26-9-7-14(8-10-26)13-23-20(27)11-16-6-5-15-3-1-2-4-17(15)16/h1-4,12,14,16H,5-11,13H2,(H,23,27)(H3,22,24,25). The second kappa shape index (κ2) is 8.04. The summed E-state index contributed by atoms with van der Waals surface area (Å²) in [5, 5.41) is 9.60. The number of carbonyl (C=O) groups excluding carboxylic acids is 2. The van der Waals surface area contributed by atoms with E-state index >= 15 is 0 Å². The van der Waals surface area contributed by atoms with Crippen LogP contribution in [0, 0.1) is 5.92 Å². The van der Waals surface area contributed by atoms with Gasteiger partial charge in [-0.2, -0.15) is 5.10 Å². The Morgan fingerprint density at radius 3 is 2.75 bits per heavy atom. The highest BCUT2D eigenvalue weighted by Gasteiger charge is 2.27.